The van der Waals surface area contributed by atoms with Gasteiger partial charge in [-0.05, 0) is 67.1 Å². The molecule has 2 atom stereocenters. The summed E-state index contributed by atoms with van der Waals surface area (Å²) < 4.78 is 29.9. The van der Waals surface area contributed by atoms with Gasteiger partial charge in [-0.1, -0.05) is 55.5 Å². The van der Waals surface area contributed by atoms with Gasteiger partial charge in [0.2, 0.25) is 21.8 Å². The number of fused-ring (bicyclic) bond motifs is 2. The third-order valence-corrected chi connectivity index (χ3v) is 8.65. The highest BCUT2D eigenvalue weighted by Gasteiger charge is 2.37. The minimum Gasteiger partial charge on any atom is -0.312 e. The second-order valence-corrected chi connectivity index (χ2v) is 11.4. The Balaban J connectivity index is 1.45. The summed E-state index contributed by atoms with van der Waals surface area (Å²) in [6, 6.07) is 21.0. The number of rotatable bonds is 7. The molecule has 2 aliphatic rings. The van der Waals surface area contributed by atoms with Crippen molar-refractivity contribution in [3.05, 3.63) is 89.5 Å². The summed E-state index contributed by atoms with van der Waals surface area (Å²) in [6.45, 7) is 4.34. The number of benzene rings is 3. The molecule has 0 bridgehead atoms. The first-order valence-corrected chi connectivity index (χ1v) is 14.2. The summed E-state index contributed by atoms with van der Waals surface area (Å²) in [5.74, 6) is -0.258. The fourth-order valence-corrected chi connectivity index (χ4v) is 6.59. The molecule has 0 saturated carbocycles. The van der Waals surface area contributed by atoms with Gasteiger partial charge in [0.15, 0.2) is 0 Å². The first-order valence-electron chi connectivity index (χ1n) is 12.7. The van der Waals surface area contributed by atoms with Crippen molar-refractivity contribution in [1.82, 2.24) is 4.72 Å². The predicted octanol–water partition coefficient (Wildman–Crippen LogP) is 3.85. The average molecular weight is 518 g/mol. The number of amides is 2. The maximum absolute atomic E-state index is 13.9. The van der Waals surface area contributed by atoms with E-state index in [-0.39, 0.29) is 29.2 Å². The molecule has 8 heteroatoms. The molecular weight excluding hydrogens is 486 g/mol. The molecule has 3 aromatic carbocycles. The van der Waals surface area contributed by atoms with Crippen molar-refractivity contribution in [1.29, 1.82) is 0 Å². The van der Waals surface area contributed by atoms with Crippen LogP contribution in [-0.2, 0) is 38.9 Å². The molecule has 2 aliphatic heterocycles. The molecule has 0 spiro atoms. The van der Waals surface area contributed by atoms with Gasteiger partial charge in [0.25, 0.3) is 0 Å². The summed E-state index contributed by atoms with van der Waals surface area (Å²) in [5, 5.41) is 0. The Labute approximate surface area is 218 Å². The van der Waals surface area contributed by atoms with Crippen LogP contribution in [0.15, 0.2) is 77.7 Å². The zero-order valence-electron chi connectivity index (χ0n) is 21.1. The highest BCUT2D eigenvalue weighted by Crippen LogP contribution is 2.33. The Morgan fingerprint density at radius 3 is 2.46 bits per heavy atom. The van der Waals surface area contributed by atoms with Crippen LogP contribution < -0.4 is 14.5 Å². The number of hydrogen-bond acceptors (Lipinski definition) is 4. The third-order valence-electron chi connectivity index (χ3n) is 7.18. The highest BCUT2D eigenvalue weighted by atomic mass is 32.2. The standard InChI is InChI=1S/C29H31N3O4S/c1-3-28(33)31-16-15-23-19-24(13-14-26(23)31)37(35,36)30-25(18-21-9-5-4-6-10-21)29(34)32-20(2)17-22-11-7-8-12-27(22)32/h4-14,19-20,25,30H,3,15-18H2,1-2H3/t20-,25-/m1/s1. The maximum Gasteiger partial charge on any atom is 0.245 e. The topological polar surface area (TPSA) is 86.8 Å². The van der Waals surface area contributed by atoms with Crippen molar-refractivity contribution in [2.24, 2.45) is 0 Å². The Morgan fingerprint density at radius 1 is 0.973 bits per heavy atom. The Kier molecular flexibility index (Phi) is 6.88. The van der Waals surface area contributed by atoms with Crippen molar-refractivity contribution in [3.63, 3.8) is 0 Å². The zero-order chi connectivity index (χ0) is 26.2. The molecule has 0 unspecified atom stereocenters. The van der Waals surface area contributed by atoms with Crippen molar-refractivity contribution >= 4 is 33.2 Å². The van der Waals surface area contributed by atoms with E-state index >= 15 is 0 Å². The van der Waals surface area contributed by atoms with Gasteiger partial charge >= 0.3 is 0 Å². The van der Waals surface area contributed by atoms with Crippen LogP contribution in [0.2, 0.25) is 0 Å². The summed E-state index contributed by atoms with van der Waals surface area (Å²) >= 11 is 0. The summed E-state index contributed by atoms with van der Waals surface area (Å²) in [4.78, 5) is 29.7. The minimum absolute atomic E-state index is 0.0148. The molecule has 0 fully saturated rings. The number of hydrogen-bond donors (Lipinski definition) is 1. The lowest BCUT2D eigenvalue weighted by atomic mass is 10.1. The predicted molar refractivity (Wildman–Crippen MR) is 144 cm³/mol. The van der Waals surface area contributed by atoms with E-state index in [1.54, 1.807) is 21.9 Å². The van der Waals surface area contributed by atoms with Gasteiger partial charge in [-0.3, -0.25) is 9.59 Å². The molecule has 0 radical (unpaired) electrons. The number of sulfonamides is 1. The summed E-state index contributed by atoms with van der Waals surface area (Å²) in [5.41, 5.74) is 4.35. The summed E-state index contributed by atoms with van der Waals surface area (Å²) in [7, 11) is -4.01. The van der Waals surface area contributed by atoms with Gasteiger partial charge in [-0.15, -0.1) is 0 Å². The van der Waals surface area contributed by atoms with Gasteiger partial charge < -0.3 is 9.80 Å². The van der Waals surface area contributed by atoms with Crippen LogP contribution in [0.3, 0.4) is 0 Å². The normalized spacial score (nSPS) is 17.4. The lowest BCUT2D eigenvalue weighted by Gasteiger charge is -2.28. The zero-order valence-corrected chi connectivity index (χ0v) is 21.9. The SMILES string of the molecule is CCC(=O)N1CCc2cc(S(=O)(=O)N[C@H](Cc3ccccc3)C(=O)N3c4ccccc4C[C@H]3C)ccc21. The number of para-hydroxylation sites is 1. The monoisotopic (exact) mass is 517 g/mol. The molecule has 192 valence electrons. The smallest absolute Gasteiger partial charge is 0.245 e. The van der Waals surface area contributed by atoms with E-state index in [2.05, 4.69) is 4.72 Å². The van der Waals surface area contributed by atoms with Crippen molar-refractivity contribution in [2.75, 3.05) is 16.3 Å². The van der Waals surface area contributed by atoms with Crippen LogP contribution in [0.25, 0.3) is 0 Å². The Bertz CT molecular complexity index is 1440. The van der Waals surface area contributed by atoms with Crippen LogP contribution in [0.1, 0.15) is 37.0 Å². The average Bonchev–Trinajstić information content (AvgIpc) is 3.47. The van der Waals surface area contributed by atoms with Crippen LogP contribution >= 0.6 is 0 Å². The van der Waals surface area contributed by atoms with E-state index < -0.39 is 16.1 Å². The van der Waals surface area contributed by atoms with Crippen molar-refractivity contribution in [2.45, 2.75) is 56.5 Å². The molecule has 0 aromatic heterocycles. The molecule has 2 amide bonds. The number of nitrogens with zero attached hydrogens (tertiary/aromatic N) is 2. The van der Waals surface area contributed by atoms with Crippen LogP contribution in [0, 0.1) is 0 Å². The van der Waals surface area contributed by atoms with Crippen molar-refractivity contribution in [3.8, 4) is 0 Å². The van der Waals surface area contributed by atoms with Crippen molar-refractivity contribution < 1.29 is 18.0 Å². The largest absolute Gasteiger partial charge is 0.312 e. The van der Waals surface area contributed by atoms with E-state index in [0.29, 0.717) is 19.4 Å². The van der Waals surface area contributed by atoms with E-state index in [4.69, 9.17) is 0 Å². The molecule has 37 heavy (non-hydrogen) atoms. The molecule has 0 aliphatic carbocycles. The number of carbonyl (C=O) groups is 2. The lowest BCUT2D eigenvalue weighted by molar-refractivity contribution is -0.120. The fraction of sp³-hybridized carbons (Fsp3) is 0.310. The molecule has 1 N–H and O–H groups in total. The minimum atomic E-state index is -4.01. The second kappa shape index (κ2) is 10.1. The van der Waals surface area contributed by atoms with E-state index in [9.17, 15) is 18.0 Å². The van der Waals surface area contributed by atoms with Gasteiger partial charge in [0, 0.05) is 30.4 Å². The Morgan fingerprint density at radius 2 is 1.70 bits per heavy atom. The highest BCUT2D eigenvalue weighted by molar-refractivity contribution is 7.89. The molecule has 7 nitrogen and oxygen atoms in total. The fourth-order valence-electron chi connectivity index (χ4n) is 5.35. The number of carbonyl (C=O) groups excluding carboxylic acids is 2. The van der Waals surface area contributed by atoms with E-state index in [0.717, 1.165) is 34.5 Å². The molecule has 0 saturated heterocycles. The van der Waals surface area contributed by atoms with E-state index in [1.165, 1.54) is 6.07 Å². The number of nitrogens with one attached hydrogen (secondary N) is 1. The molecule has 2 heterocycles. The maximum atomic E-state index is 13.9. The summed E-state index contributed by atoms with van der Waals surface area (Å²) in [6.07, 6.45) is 1.94. The van der Waals surface area contributed by atoms with Gasteiger partial charge in [0.1, 0.15) is 6.04 Å². The molecular formula is C29H31N3O4S. The molecule has 3 aromatic rings. The number of anilines is 2. The first-order chi connectivity index (χ1) is 17.8. The van der Waals surface area contributed by atoms with Crippen LogP contribution in [0.5, 0.6) is 0 Å². The quantitative estimate of drug-likeness (QED) is 0.516. The van der Waals surface area contributed by atoms with Gasteiger partial charge in [-0.2, -0.15) is 4.72 Å². The van der Waals surface area contributed by atoms with Gasteiger partial charge in [-0.25, -0.2) is 8.42 Å². The molecule has 5 rings (SSSR count). The second-order valence-electron chi connectivity index (χ2n) is 9.69. The Hall–Kier alpha value is -3.49. The van der Waals surface area contributed by atoms with Crippen LogP contribution in [-0.4, -0.2) is 38.9 Å². The third kappa shape index (κ3) is 4.91. The van der Waals surface area contributed by atoms with Crippen LogP contribution in [0.4, 0.5) is 11.4 Å². The lowest BCUT2D eigenvalue weighted by Crippen LogP contribution is -2.51. The van der Waals surface area contributed by atoms with E-state index in [1.807, 2.05) is 68.4 Å². The van der Waals surface area contributed by atoms with Gasteiger partial charge in [0.05, 0.1) is 4.90 Å². The first kappa shape index (κ1) is 25.2.